The monoisotopic (exact) mass is 272 g/mol. The molecule has 2 heterocycles. The average Bonchev–Trinajstić information content (AvgIpc) is 2.74. The summed E-state index contributed by atoms with van der Waals surface area (Å²) in [5.74, 6) is 1.16. The minimum Gasteiger partial charge on any atom is -0.356 e. The van der Waals surface area contributed by atoms with Gasteiger partial charge in [-0.15, -0.1) is 11.8 Å². The highest BCUT2D eigenvalue weighted by Crippen LogP contribution is 2.34. The highest BCUT2D eigenvalue weighted by Gasteiger charge is 2.22. The Morgan fingerprint density at radius 1 is 1.26 bits per heavy atom. The fraction of sp³-hybridized carbons (Fsp3) is 0.267. The summed E-state index contributed by atoms with van der Waals surface area (Å²) in [5, 5.41) is 0. The first-order chi connectivity index (χ1) is 9.25. The molecule has 0 unspecified atom stereocenters. The number of rotatable bonds is 1. The van der Waals surface area contributed by atoms with E-state index in [9.17, 15) is 4.79 Å². The van der Waals surface area contributed by atoms with Crippen molar-refractivity contribution in [3.05, 3.63) is 48.3 Å². The number of benzene rings is 1. The van der Waals surface area contributed by atoms with Crippen LogP contribution >= 0.6 is 11.8 Å². The van der Waals surface area contributed by atoms with E-state index in [1.54, 1.807) is 0 Å². The van der Waals surface area contributed by atoms with Crippen LogP contribution in [0, 0.1) is 0 Å². The topological polar surface area (TPSA) is 25.2 Å². The summed E-state index contributed by atoms with van der Waals surface area (Å²) in [6.45, 7) is 0.789. The Bertz CT molecular complexity index is 606. The minimum absolute atomic E-state index is 0.0931. The zero-order chi connectivity index (χ0) is 13.2. The summed E-state index contributed by atoms with van der Waals surface area (Å²) in [6, 6.07) is 10.0. The molecule has 1 amide bonds. The van der Waals surface area contributed by atoms with Crippen LogP contribution in [0.25, 0.3) is 0 Å². The van der Waals surface area contributed by atoms with Crippen LogP contribution in [-0.4, -0.2) is 22.8 Å². The Morgan fingerprint density at radius 2 is 2.11 bits per heavy atom. The zero-order valence-electron chi connectivity index (χ0n) is 10.9. The Hall–Kier alpha value is -1.68. The van der Waals surface area contributed by atoms with E-state index in [2.05, 4.69) is 6.07 Å². The minimum atomic E-state index is 0.0931. The Kier molecular flexibility index (Phi) is 3.34. The van der Waals surface area contributed by atoms with Crippen LogP contribution in [0.5, 0.6) is 0 Å². The lowest BCUT2D eigenvalue weighted by Crippen LogP contribution is -2.31. The summed E-state index contributed by atoms with van der Waals surface area (Å²) in [5.41, 5.74) is 1.79. The Morgan fingerprint density at radius 3 is 2.89 bits per heavy atom. The Labute approximate surface area is 117 Å². The molecule has 0 spiro atoms. The van der Waals surface area contributed by atoms with Gasteiger partial charge in [-0.05, 0) is 30.4 Å². The van der Waals surface area contributed by atoms with Crippen molar-refractivity contribution in [3.8, 4) is 0 Å². The number of nitrogens with zero attached hydrogens (tertiary/aromatic N) is 2. The lowest BCUT2D eigenvalue weighted by Gasteiger charge is -2.21. The van der Waals surface area contributed by atoms with E-state index in [-0.39, 0.29) is 5.91 Å². The van der Waals surface area contributed by atoms with Crippen LogP contribution < -0.4 is 4.90 Å². The van der Waals surface area contributed by atoms with Gasteiger partial charge in [-0.3, -0.25) is 4.79 Å². The quantitative estimate of drug-likeness (QED) is 0.796. The first-order valence-corrected chi connectivity index (χ1v) is 7.40. The molecule has 1 aliphatic rings. The zero-order valence-corrected chi connectivity index (χ0v) is 11.7. The number of carbonyl (C=O) groups excluding carboxylic acids is 1. The molecule has 0 aliphatic carbocycles. The van der Waals surface area contributed by atoms with Crippen molar-refractivity contribution in [2.24, 2.45) is 7.05 Å². The molecule has 0 atom stereocenters. The normalized spacial score (nSPS) is 14.9. The van der Waals surface area contributed by atoms with Crippen molar-refractivity contribution in [3.63, 3.8) is 0 Å². The fourth-order valence-electron chi connectivity index (χ4n) is 2.32. The number of para-hydroxylation sites is 1. The molecular formula is C15H16N2OS. The molecule has 0 bridgehead atoms. The molecule has 1 aromatic heterocycles. The van der Waals surface area contributed by atoms with Gasteiger partial charge in [0.2, 0.25) is 0 Å². The second kappa shape index (κ2) is 5.13. The highest BCUT2D eigenvalue weighted by molar-refractivity contribution is 7.99. The number of hydrogen-bond donors (Lipinski definition) is 0. The molecule has 1 aliphatic heterocycles. The summed E-state index contributed by atoms with van der Waals surface area (Å²) in [7, 11) is 1.93. The third kappa shape index (κ3) is 2.40. The van der Waals surface area contributed by atoms with E-state index < -0.39 is 0 Å². The van der Waals surface area contributed by atoms with Gasteiger partial charge in [0.15, 0.2) is 0 Å². The number of hydrogen-bond acceptors (Lipinski definition) is 2. The summed E-state index contributed by atoms with van der Waals surface area (Å²) in [6.07, 6.45) is 4.81. The average molecular weight is 272 g/mol. The van der Waals surface area contributed by atoms with Crippen LogP contribution in [0.1, 0.15) is 16.8 Å². The second-order valence-electron chi connectivity index (χ2n) is 4.69. The van der Waals surface area contributed by atoms with Gasteiger partial charge in [0, 0.05) is 30.9 Å². The maximum Gasteiger partial charge on any atom is 0.259 e. The lowest BCUT2D eigenvalue weighted by molar-refractivity contribution is 0.0986. The number of aryl methyl sites for hydroxylation is 1. The van der Waals surface area contributed by atoms with Gasteiger partial charge in [-0.2, -0.15) is 0 Å². The van der Waals surface area contributed by atoms with Crippen molar-refractivity contribution < 1.29 is 4.79 Å². The van der Waals surface area contributed by atoms with Gasteiger partial charge in [0.1, 0.15) is 0 Å². The van der Waals surface area contributed by atoms with Crippen molar-refractivity contribution in [2.75, 3.05) is 17.2 Å². The largest absolute Gasteiger partial charge is 0.356 e. The number of aromatic nitrogens is 1. The number of amides is 1. The molecule has 0 saturated carbocycles. The molecule has 3 nitrogen and oxygen atoms in total. The molecule has 4 heteroatoms. The smallest absolute Gasteiger partial charge is 0.259 e. The van der Waals surface area contributed by atoms with Crippen LogP contribution in [-0.2, 0) is 7.05 Å². The molecule has 98 valence electrons. The molecule has 0 fully saturated rings. The first kappa shape index (κ1) is 12.4. The van der Waals surface area contributed by atoms with Gasteiger partial charge >= 0.3 is 0 Å². The summed E-state index contributed by atoms with van der Waals surface area (Å²) in [4.78, 5) is 15.7. The van der Waals surface area contributed by atoms with Crippen molar-refractivity contribution in [1.82, 2.24) is 4.57 Å². The van der Waals surface area contributed by atoms with Crippen LogP contribution in [0.2, 0.25) is 0 Å². The van der Waals surface area contributed by atoms with Crippen LogP contribution in [0.4, 0.5) is 5.69 Å². The Balaban J connectivity index is 1.98. The molecule has 3 rings (SSSR count). The van der Waals surface area contributed by atoms with E-state index >= 15 is 0 Å². The van der Waals surface area contributed by atoms with Crippen molar-refractivity contribution in [2.45, 2.75) is 11.3 Å². The number of carbonyl (C=O) groups is 1. The molecule has 0 N–H and O–H groups in total. The standard InChI is InChI=1S/C15H16N2OS/c1-16-9-7-12(11-16)15(18)17-8-4-10-19-14-6-3-2-5-13(14)17/h2-3,5-7,9,11H,4,8,10H2,1H3. The predicted octanol–water partition coefficient (Wildman–Crippen LogP) is 3.17. The van der Waals surface area contributed by atoms with E-state index in [1.165, 1.54) is 4.90 Å². The molecule has 0 radical (unpaired) electrons. The van der Waals surface area contributed by atoms with Crippen molar-refractivity contribution >= 4 is 23.4 Å². The van der Waals surface area contributed by atoms with E-state index in [0.29, 0.717) is 0 Å². The SMILES string of the molecule is Cn1ccc(C(=O)N2CCCSc3ccccc32)c1. The van der Waals surface area contributed by atoms with Crippen molar-refractivity contribution in [1.29, 1.82) is 0 Å². The molecule has 0 saturated heterocycles. The summed E-state index contributed by atoms with van der Waals surface area (Å²) >= 11 is 1.83. The lowest BCUT2D eigenvalue weighted by atomic mass is 10.2. The predicted molar refractivity (Wildman–Crippen MR) is 78.9 cm³/mol. The third-order valence-corrected chi connectivity index (χ3v) is 4.41. The fourth-order valence-corrected chi connectivity index (χ4v) is 3.32. The van der Waals surface area contributed by atoms with Crippen LogP contribution in [0.3, 0.4) is 0 Å². The summed E-state index contributed by atoms with van der Waals surface area (Å²) < 4.78 is 1.91. The molecule has 1 aromatic carbocycles. The van der Waals surface area contributed by atoms with E-state index in [4.69, 9.17) is 0 Å². The van der Waals surface area contributed by atoms with Gasteiger partial charge < -0.3 is 9.47 Å². The van der Waals surface area contributed by atoms with Crippen LogP contribution in [0.15, 0.2) is 47.6 Å². The maximum atomic E-state index is 12.6. The third-order valence-electron chi connectivity index (χ3n) is 3.26. The highest BCUT2D eigenvalue weighted by atomic mass is 32.2. The van der Waals surface area contributed by atoms with Gasteiger partial charge in [-0.25, -0.2) is 0 Å². The van der Waals surface area contributed by atoms with Gasteiger partial charge in [0.25, 0.3) is 5.91 Å². The second-order valence-corrected chi connectivity index (χ2v) is 5.83. The van der Waals surface area contributed by atoms with E-state index in [1.807, 2.05) is 64.9 Å². The molecular weight excluding hydrogens is 256 g/mol. The van der Waals surface area contributed by atoms with Gasteiger partial charge in [-0.1, -0.05) is 12.1 Å². The van der Waals surface area contributed by atoms with E-state index in [0.717, 1.165) is 30.0 Å². The maximum absolute atomic E-state index is 12.6. The first-order valence-electron chi connectivity index (χ1n) is 6.41. The number of fused-ring (bicyclic) bond motifs is 1. The number of anilines is 1. The molecule has 2 aromatic rings. The number of thioether (sulfide) groups is 1. The van der Waals surface area contributed by atoms with Gasteiger partial charge in [0.05, 0.1) is 11.3 Å². The molecule has 19 heavy (non-hydrogen) atoms.